The number of carboxylic acids is 1. The second kappa shape index (κ2) is 6.00. The number of aliphatic hydroxyl groups is 1. The minimum absolute atomic E-state index is 0.0848. The number of carboxylic acid groups (broad SMARTS) is 1. The molecule has 0 aromatic carbocycles. The SMILES string of the molecule is CC(C)[C@@H](CO)NC(=O)C1CCC(C(=O)O)C1. The fraction of sp³-hybridized carbons (Fsp3) is 0.833. The number of carbonyl (C=O) groups excluding carboxylic acids is 1. The largest absolute Gasteiger partial charge is 0.481 e. The number of amides is 1. The zero-order chi connectivity index (χ0) is 13.0. The van der Waals surface area contributed by atoms with Crippen molar-refractivity contribution in [3.8, 4) is 0 Å². The van der Waals surface area contributed by atoms with Crippen LogP contribution in [0.2, 0.25) is 0 Å². The fourth-order valence-electron chi connectivity index (χ4n) is 2.17. The van der Waals surface area contributed by atoms with Gasteiger partial charge in [-0.2, -0.15) is 0 Å². The van der Waals surface area contributed by atoms with Crippen LogP contribution in [0.5, 0.6) is 0 Å². The molecule has 1 rings (SSSR count). The molecular formula is C12H21NO4. The number of aliphatic hydroxyl groups excluding tert-OH is 1. The molecule has 1 fully saturated rings. The van der Waals surface area contributed by atoms with Crippen molar-refractivity contribution in [3.05, 3.63) is 0 Å². The summed E-state index contributed by atoms with van der Waals surface area (Å²) >= 11 is 0. The van der Waals surface area contributed by atoms with Crippen LogP contribution in [0, 0.1) is 17.8 Å². The number of nitrogens with one attached hydrogen (secondary N) is 1. The van der Waals surface area contributed by atoms with Crippen LogP contribution in [-0.2, 0) is 9.59 Å². The average Bonchev–Trinajstić information content (AvgIpc) is 2.74. The highest BCUT2D eigenvalue weighted by molar-refractivity contribution is 5.81. The maximum absolute atomic E-state index is 11.9. The van der Waals surface area contributed by atoms with Crippen LogP contribution in [-0.4, -0.2) is 34.7 Å². The van der Waals surface area contributed by atoms with Crippen molar-refractivity contribution in [1.82, 2.24) is 5.32 Å². The third kappa shape index (κ3) is 3.70. The average molecular weight is 243 g/mol. The summed E-state index contributed by atoms with van der Waals surface area (Å²) in [4.78, 5) is 22.7. The Bertz CT molecular complexity index is 290. The first-order valence-corrected chi connectivity index (χ1v) is 6.09. The zero-order valence-corrected chi connectivity index (χ0v) is 10.3. The second-order valence-corrected chi connectivity index (χ2v) is 5.09. The summed E-state index contributed by atoms with van der Waals surface area (Å²) in [6.45, 7) is 3.77. The Morgan fingerprint density at radius 2 is 1.88 bits per heavy atom. The van der Waals surface area contributed by atoms with Gasteiger partial charge in [0.2, 0.25) is 5.91 Å². The predicted octanol–water partition coefficient (Wildman–Crippen LogP) is 0.620. The van der Waals surface area contributed by atoms with Gasteiger partial charge in [0.1, 0.15) is 0 Å². The first kappa shape index (κ1) is 14.0. The molecule has 5 nitrogen and oxygen atoms in total. The maximum atomic E-state index is 11.9. The number of hydrogen-bond donors (Lipinski definition) is 3. The highest BCUT2D eigenvalue weighted by atomic mass is 16.4. The van der Waals surface area contributed by atoms with Gasteiger partial charge in [-0.1, -0.05) is 13.8 Å². The molecule has 1 aliphatic carbocycles. The summed E-state index contributed by atoms with van der Waals surface area (Å²) in [5.74, 6) is -1.38. The molecule has 0 aromatic rings. The Kier molecular flexibility index (Phi) is 4.93. The van der Waals surface area contributed by atoms with E-state index in [0.717, 1.165) is 0 Å². The van der Waals surface area contributed by atoms with E-state index in [1.807, 2.05) is 13.8 Å². The molecule has 0 aliphatic heterocycles. The fourth-order valence-corrected chi connectivity index (χ4v) is 2.17. The molecule has 0 saturated heterocycles. The molecule has 0 spiro atoms. The van der Waals surface area contributed by atoms with Crippen molar-refractivity contribution in [2.75, 3.05) is 6.61 Å². The molecule has 17 heavy (non-hydrogen) atoms. The van der Waals surface area contributed by atoms with E-state index in [-0.39, 0.29) is 30.4 Å². The van der Waals surface area contributed by atoms with Crippen molar-refractivity contribution >= 4 is 11.9 Å². The molecule has 98 valence electrons. The minimum Gasteiger partial charge on any atom is -0.481 e. The lowest BCUT2D eigenvalue weighted by molar-refractivity contribution is -0.141. The summed E-state index contributed by atoms with van der Waals surface area (Å²) < 4.78 is 0. The van der Waals surface area contributed by atoms with Crippen LogP contribution in [0.25, 0.3) is 0 Å². The van der Waals surface area contributed by atoms with Gasteiger partial charge < -0.3 is 15.5 Å². The van der Waals surface area contributed by atoms with Crippen molar-refractivity contribution in [2.45, 2.75) is 39.2 Å². The Morgan fingerprint density at radius 3 is 2.29 bits per heavy atom. The molecule has 0 aromatic heterocycles. The number of carbonyl (C=O) groups is 2. The van der Waals surface area contributed by atoms with Gasteiger partial charge >= 0.3 is 5.97 Å². The predicted molar refractivity (Wildman–Crippen MR) is 62.3 cm³/mol. The first-order chi connectivity index (χ1) is 7.95. The Labute approximate surface area is 101 Å². The summed E-state index contributed by atoms with van der Waals surface area (Å²) in [7, 11) is 0. The van der Waals surface area contributed by atoms with Crippen LogP contribution < -0.4 is 5.32 Å². The summed E-state index contributed by atoms with van der Waals surface area (Å²) in [5, 5.41) is 20.8. The topological polar surface area (TPSA) is 86.6 Å². The molecule has 3 N–H and O–H groups in total. The number of aliphatic carboxylic acids is 1. The van der Waals surface area contributed by atoms with Crippen LogP contribution in [0.3, 0.4) is 0 Å². The van der Waals surface area contributed by atoms with E-state index >= 15 is 0 Å². The molecule has 5 heteroatoms. The molecule has 2 unspecified atom stereocenters. The summed E-state index contributed by atoms with van der Waals surface area (Å²) in [6.07, 6.45) is 1.61. The third-order valence-electron chi connectivity index (χ3n) is 3.48. The van der Waals surface area contributed by atoms with Gasteiger partial charge in [0.05, 0.1) is 18.6 Å². The van der Waals surface area contributed by atoms with Crippen molar-refractivity contribution < 1.29 is 19.8 Å². The van der Waals surface area contributed by atoms with Crippen LogP contribution in [0.1, 0.15) is 33.1 Å². The first-order valence-electron chi connectivity index (χ1n) is 6.09. The van der Waals surface area contributed by atoms with Crippen LogP contribution >= 0.6 is 0 Å². The monoisotopic (exact) mass is 243 g/mol. The van der Waals surface area contributed by atoms with Crippen molar-refractivity contribution in [3.63, 3.8) is 0 Å². The summed E-state index contributed by atoms with van der Waals surface area (Å²) in [5.41, 5.74) is 0. The number of hydrogen-bond acceptors (Lipinski definition) is 3. The molecule has 3 atom stereocenters. The molecule has 0 heterocycles. The lowest BCUT2D eigenvalue weighted by atomic mass is 10.0. The van der Waals surface area contributed by atoms with Gasteiger partial charge in [-0.3, -0.25) is 9.59 Å². The van der Waals surface area contributed by atoms with E-state index in [9.17, 15) is 9.59 Å². The van der Waals surface area contributed by atoms with E-state index in [4.69, 9.17) is 10.2 Å². The minimum atomic E-state index is -0.817. The second-order valence-electron chi connectivity index (χ2n) is 5.09. The quantitative estimate of drug-likeness (QED) is 0.660. The summed E-state index contributed by atoms with van der Waals surface area (Å²) in [6, 6.07) is -0.244. The molecule has 1 aliphatic rings. The lowest BCUT2D eigenvalue weighted by Crippen LogP contribution is -2.43. The van der Waals surface area contributed by atoms with E-state index < -0.39 is 11.9 Å². The Balaban J connectivity index is 2.46. The Hall–Kier alpha value is -1.10. The van der Waals surface area contributed by atoms with E-state index in [1.54, 1.807) is 0 Å². The lowest BCUT2D eigenvalue weighted by Gasteiger charge is -2.22. The van der Waals surface area contributed by atoms with E-state index in [2.05, 4.69) is 5.32 Å². The molecule has 1 saturated carbocycles. The smallest absolute Gasteiger partial charge is 0.306 e. The standard InChI is InChI=1S/C12H21NO4/c1-7(2)10(6-14)13-11(15)8-3-4-9(5-8)12(16)17/h7-10,14H,3-6H2,1-2H3,(H,13,15)(H,16,17)/t8?,9?,10-/m1/s1. The van der Waals surface area contributed by atoms with Crippen LogP contribution in [0.15, 0.2) is 0 Å². The van der Waals surface area contributed by atoms with E-state index in [0.29, 0.717) is 19.3 Å². The van der Waals surface area contributed by atoms with Gasteiger partial charge in [-0.15, -0.1) is 0 Å². The molecular weight excluding hydrogens is 222 g/mol. The van der Waals surface area contributed by atoms with E-state index in [1.165, 1.54) is 0 Å². The zero-order valence-electron chi connectivity index (χ0n) is 10.3. The highest BCUT2D eigenvalue weighted by Crippen LogP contribution is 2.31. The van der Waals surface area contributed by atoms with Gasteiger partial charge in [-0.25, -0.2) is 0 Å². The van der Waals surface area contributed by atoms with Gasteiger partial charge in [0.15, 0.2) is 0 Å². The van der Waals surface area contributed by atoms with Gasteiger partial charge in [0, 0.05) is 5.92 Å². The van der Waals surface area contributed by atoms with Crippen molar-refractivity contribution in [2.24, 2.45) is 17.8 Å². The molecule has 1 amide bonds. The highest BCUT2D eigenvalue weighted by Gasteiger charge is 2.34. The number of rotatable bonds is 5. The van der Waals surface area contributed by atoms with Gasteiger partial charge in [0.25, 0.3) is 0 Å². The molecule has 0 radical (unpaired) electrons. The maximum Gasteiger partial charge on any atom is 0.306 e. The normalized spacial score (nSPS) is 25.9. The van der Waals surface area contributed by atoms with Gasteiger partial charge in [-0.05, 0) is 25.2 Å². The third-order valence-corrected chi connectivity index (χ3v) is 3.48. The van der Waals surface area contributed by atoms with Crippen molar-refractivity contribution in [1.29, 1.82) is 0 Å². The Morgan fingerprint density at radius 1 is 1.29 bits per heavy atom. The van der Waals surface area contributed by atoms with Crippen LogP contribution in [0.4, 0.5) is 0 Å². The molecule has 0 bridgehead atoms.